The maximum Gasteiger partial charge on any atom is 0.340 e. The first kappa shape index (κ1) is 25.4. The monoisotopic (exact) mass is 526 g/mol. The molecule has 0 radical (unpaired) electrons. The van der Waals surface area contributed by atoms with Crippen LogP contribution in [0, 0.1) is 0 Å². The summed E-state index contributed by atoms with van der Waals surface area (Å²) in [4.78, 5) is 25.6. The van der Waals surface area contributed by atoms with E-state index in [0.29, 0.717) is 11.1 Å². The van der Waals surface area contributed by atoms with E-state index in [-0.39, 0.29) is 0 Å². The fourth-order valence-corrected chi connectivity index (χ4v) is 5.40. The smallest absolute Gasteiger partial charge is 0.340 e. The van der Waals surface area contributed by atoms with Crippen LogP contribution in [0.5, 0.6) is 0 Å². The summed E-state index contributed by atoms with van der Waals surface area (Å²) in [6.07, 6.45) is -6.32. The Bertz CT molecular complexity index is 1090. The van der Waals surface area contributed by atoms with Gasteiger partial charge in [0.1, 0.15) is 24.4 Å². The number of fused-ring (bicyclic) bond motifs is 2. The highest BCUT2D eigenvalue weighted by Gasteiger charge is 2.66. The fourth-order valence-electron chi connectivity index (χ4n) is 5.40. The molecule has 38 heavy (non-hydrogen) atoms. The minimum absolute atomic E-state index is 0.383. The molecule has 10 nitrogen and oxygen atoms in total. The second-order valence-corrected chi connectivity index (χ2v) is 10.6. The molecular formula is C28H30O10. The minimum atomic E-state index is -1.05. The Morgan fingerprint density at radius 2 is 0.895 bits per heavy atom. The van der Waals surface area contributed by atoms with Crippen molar-refractivity contribution in [3.8, 4) is 0 Å². The predicted molar refractivity (Wildman–Crippen MR) is 129 cm³/mol. The lowest BCUT2D eigenvalue weighted by molar-refractivity contribution is -0.259. The molecule has 4 heterocycles. The SMILES string of the molecule is CC1(C)O[C@@H]2[C@H]([C@@H]3O[C@@H](OC(=O)c4ccccc4)[C@@H]4OC(C)(C)O[C@H]34)O[C@@H](OC(=O)c3ccccc3)[C@@H]2O1. The van der Waals surface area contributed by atoms with Crippen molar-refractivity contribution in [3.05, 3.63) is 71.8 Å². The number of benzene rings is 2. The van der Waals surface area contributed by atoms with Gasteiger partial charge in [0.15, 0.2) is 23.8 Å². The van der Waals surface area contributed by atoms with Gasteiger partial charge in [-0.15, -0.1) is 0 Å². The summed E-state index contributed by atoms with van der Waals surface area (Å²) in [5, 5.41) is 0. The van der Waals surface area contributed by atoms with Gasteiger partial charge in [-0.1, -0.05) is 36.4 Å². The van der Waals surface area contributed by atoms with Crippen molar-refractivity contribution in [1.82, 2.24) is 0 Å². The van der Waals surface area contributed by atoms with Gasteiger partial charge < -0.3 is 37.9 Å². The number of esters is 2. The molecule has 6 rings (SSSR count). The number of rotatable bonds is 5. The van der Waals surface area contributed by atoms with Gasteiger partial charge >= 0.3 is 11.9 Å². The Balaban J connectivity index is 1.24. The molecule has 2 aromatic carbocycles. The average molecular weight is 527 g/mol. The van der Waals surface area contributed by atoms with E-state index >= 15 is 0 Å². The Kier molecular flexibility index (Phi) is 6.29. The van der Waals surface area contributed by atoms with Gasteiger partial charge in [0.25, 0.3) is 0 Å². The van der Waals surface area contributed by atoms with Gasteiger partial charge in [0, 0.05) is 0 Å². The molecule has 0 bridgehead atoms. The summed E-state index contributed by atoms with van der Waals surface area (Å²) >= 11 is 0. The molecule has 2 aromatic rings. The van der Waals surface area contributed by atoms with Crippen LogP contribution in [0.4, 0.5) is 0 Å². The number of carbonyl (C=O) groups is 2. The maximum absolute atomic E-state index is 12.8. The third-order valence-corrected chi connectivity index (χ3v) is 6.88. The first-order valence-electron chi connectivity index (χ1n) is 12.6. The zero-order valence-corrected chi connectivity index (χ0v) is 21.5. The highest BCUT2D eigenvalue weighted by atomic mass is 16.8. The Morgan fingerprint density at radius 3 is 1.26 bits per heavy atom. The molecule has 0 aliphatic carbocycles. The second-order valence-electron chi connectivity index (χ2n) is 10.6. The van der Waals surface area contributed by atoms with Crippen molar-refractivity contribution in [3.63, 3.8) is 0 Å². The molecule has 0 amide bonds. The van der Waals surface area contributed by atoms with Crippen LogP contribution < -0.4 is 0 Å². The molecule has 8 atom stereocenters. The molecule has 4 aliphatic heterocycles. The largest absolute Gasteiger partial charge is 0.429 e. The molecule has 0 N–H and O–H groups in total. The summed E-state index contributed by atoms with van der Waals surface area (Å²) in [6.45, 7) is 7.11. The molecule has 202 valence electrons. The van der Waals surface area contributed by atoms with Crippen molar-refractivity contribution in [2.75, 3.05) is 0 Å². The molecule has 4 aliphatic rings. The van der Waals surface area contributed by atoms with E-state index in [9.17, 15) is 9.59 Å². The molecule has 10 heteroatoms. The van der Waals surface area contributed by atoms with Gasteiger partial charge in [-0.05, 0) is 52.0 Å². The van der Waals surface area contributed by atoms with Crippen LogP contribution in [-0.2, 0) is 37.9 Å². The van der Waals surface area contributed by atoms with E-state index in [1.165, 1.54) is 0 Å². The number of ether oxygens (including phenoxy) is 8. The molecule has 4 saturated heterocycles. The zero-order chi connectivity index (χ0) is 26.7. The maximum atomic E-state index is 12.8. The van der Waals surface area contributed by atoms with Crippen molar-refractivity contribution in [2.45, 2.75) is 88.5 Å². The highest BCUT2D eigenvalue weighted by Crippen LogP contribution is 2.47. The quantitative estimate of drug-likeness (QED) is 0.539. The van der Waals surface area contributed by atoms with E-state index in [0.717, 1.165) is 0 Å². The lowest BCUT2D eigenvalue weighted by Crippen LogP contribution is -2.45. The number of carbonyl (C=O) groups excluding carboxylic acids is 2. The Labute approximate surface area is 220 Å². The Morgan fingerprint density at radius 1 is 0.553 bits per heavy atom. The normalized spacial score (nSPS) is 36.4. The van der Waals surface area contributed by atoms with Crippen LogP contribution >= 0.6 is 0 Å². The van der Waals surface area contributed by atoms with Gasteiger partial charge in [-0.2, -0.15) is 0 Å². The fraction of sp³-hybridized carbons (Fsp3) is 0.500. The van der Waals surface area contributed by atoms with E-state index in [1.807, 2.05) is 12.1 Å². The third kappa shape index (κ3) is 4.72. The van der Waals surface area contributed by atoms with Gasteiger partial charge in [0.2, 0.25) is 12.6 Å². The van der Waals surface area contributed by atoms with E-state index in [1.54, 1.807) is 76.2 Å². The van der Waals surface area contributed by atoms with Crippen molar-refractivity contribution in [1.29, 1.82) is 0 Å². The first-order chi connectivity index (χ1) is 18.1. The van der Waals surface area contributed by atoms with E-state index in [2.05, 4.69) is 0 Å². The van der Waals surface area contributed by atoms with Crippen LogP contribution in [0.15, 0.2) is 60.7 Å². The van der Waals surface area contributed by atoms with Crippen LogP contribution in [0.3, 0.4) is 0 Å². The van der Waals surface area contributed by atoms with Gasteiger partial charge in [-0.3, -0.25) is 0 Å². The van der Waals surface area contributed by atoms with Crippen molar-refractivity contribution >= 4 is 11.9 Å². The number of hydrogen-bond acceptors (Lipinski definition) is 10. The van der Waals surface area contributed by atoms with Crippen molar-refractivity contribution < 1.29 is 47.5 Å². The average Bonchev–Trinajstić information content (AvgIpc) is 3.57. The topological polar surface area (TPSA) is 108 Å². The van der Waals surface area contributed by atoms with E-state index < -0.39 is 72.7 Å². The molecule has 0 saturated carbocycles. The summed E-state index contributed by atoms with van der Waals surface area (Å²) in [6, 6.07) is 17.2. The highest BCUT2D eigenvalue weighted by molar-refractivity contribution is 5.89. The van der Waals surface area contributed by atoms with Gasteiger partial charge in [-0.25, -0.2) is 9.59 Å². The van der Waals surface area contributed by atoms with Crippen LogP contribution in [0.25, 0.3) is 0 Å². The molecule has 0 aromatic heterocycles. The molecule has 0 unspecified atom stereocenters. The Hall–Kier alpha value is -2.86. The molecular weight excluding hydrogens is 496 g/mol. The summed E-state index contributed by atoms with van der Waals surface area (Å²) < 4.78 is 48.4. The third-order valence-electron chi connectivity index (χ3n) is 6.88. The summed E-state index contributed by atoms with van der Waals surface area (Å²) in [5.41, 5.74) is 0.766. The molecule has 4 fully saturated rings. The van der Waals surface area contributed by atoms with Crippen LogP contribution in [0.1, 0.15) is 48.4 Å². The van der Waals surface area contributed by atoms with Crippen LogP contribution in [-0.4, -0.2) is 72.7 Å². The summed E-state index contributed by atoms with van der Waals surface area (Å²) in [7, 11) is 0. The lowest BCUT2D eigenvalue weighted by atomic mass is 10.0. The van der Waals surface area contributed by atoms with Gasteiger partial charge in [0.05, 0.1) is 11.1 Å². The molecule has 0 spiro atoms. The van der Waals surface area contributed by atoms with Crippen molar-refractivity contribution in [2.24, 2.45) is 0 Å². The zero-order valence-electron chi connectivity index (χ0n) is 21.5. The van der Waals surface area contributed by atoms with E-state index in [4.69, 9.17) is 37.9 Å². The minimum Gasteiger partial charge on any atom is -0.429 e. The van der Waals surface area contributed by atoms with Crippen LogP contribution in [0.2, 0.25) is 0 Å². The lowest BCUT2D eigenvalue weighted by Gasteiger charge is -2.29. The summed E-state index contributed by atoms with van der Waals surface area (Å²) in [5.74, 6) is -2.99. The second kappa shape index (κ2) is 9.41. The first-order valence-corrected chi connectivity index (χ1v) is 12.6. The standard InChI is InChI=1S/C28H30O10/c1-27(2)35-19-17(31-25(21(19)37-27)33-23(29)15-11-7-5-8-12-15)18-20-22(38-28(3,4)36-20)26(32-18)34-24(30)16-13-9-6-10-14-16/h5-14,17-22,25-26H,1-4H3/t17-,18-,19+,20+,21+,22+,25-,26-/m0/s1. The predicted octanol–water partition coefficient (Wildman–Crippen LogP) is 3.19. The number of hydrogen-bond donors (Lipinski definition) is 0.